The van der Waals surface area contributed by atoms with Crippen LogP contribution in [0.4, 0.5) is 11.6 Å². The van der Waals surface area contributed by atoms with Crippen molar-refractivity contribution in [3.63, 3.8) is 0 Å². The summed E-state index contributed by atoms with van der Waals surface area (Å²) < 4.78 is 8.27. The van der Waals surface area contributed by atoms with Crippen LogP contribution in [0.2, 0.25) is 5.02 Å². The first kappa shape index (κ1) is 16.8. The quantitative estimate of drug-likeness (QED) is 0.546. The summed E-state index contributed by atoms with van der Waals surface area (Å²) in [7, 11) is 3.51. The average Bonchev–Trinajstić information content (AvgIpc) is 3.17. The fourth-order valence-electron chi connectivity index (χ4n) is 2.87. The molecule has 3 aromatic heterocycles. The lowest BCUT2D eigenvalue weighted by Crippen LogP contribution is -1.96. The number of rotatable bonds is 4. The van der Waals surface area contributed by atoms with Crippen LogP contribution < -0.4 is 10.1 Å². The van der Waals surface area contributed by atoms with Gasteiger partial charge in [0.2, 0.25) is 5.95 Å². The Morgan fingerprint density at radius 3 is 2.85 bits per heavy atom. The molecule has 26 heavy (non-hydrogen) atoms. The summed E-state index contributed by atoms with van der Waals surface area (Å²) in [5.74, 6) is 1.25. The molecule has 132 valence electrons. The second-order valence-electron chi connectivity index (χ2n) is 5.81. The summed E-state index contributed by atoms with van der Waals surface area (Å²) in [5.41, 5.74) is 3.72. The largest absolute Gasteiger partial charge is 0.496 e. The number of halogens is 1. The number of hydrogen-bond acceptors (Lipinski definition) is 6. The Kier molecular flexibility index (Phi) is 4.26. The highest BCUT2D eigenvalue weighted by atomic mass is 35.5. The topological polar surface area (TPSA) is 64.9 Å². The molecular weight excluding hydrogens is 370 g/mol. The van der Waals surface area contributed by atoms with E-state index in [0.717, 1.165) is 37.7 Å². The first-order valence-electron chi connectivity index (χ1n) is 7.91. The van der Waals surface area contributed by atoms with Crippen molar-refractivity contribution in [1.82, 2.24) is 19.7 Å². The van der Waals surface area contributed by atoms with Gasteiger partial charge in [-0.3, -0.25) is 4.68 Å². The number of thiophene rings is 1. The predicted molar refractivity (Wildman–Crippen MR) is 106 cm³/mol. The van der Waals surface area contributed by atoms with Gasteiger partial charge in [0.1, 0.15) is 5.75 Å². The second kappa shape index (κ2) is 6.59. The van der Waals surface area contributed by atoms with Gasteiger partial charge < -0.3 is 10.1 Å². The molecule has 0 saturated carbocycles. The van der Waals surface area contributed by atoms with E-state index in [4.69, 9.17) is 21.3 Å². The minimum Gasteiger partial charge on any atom is -0.496 e. The number of aromatic nitrogens is 4. The normalized spacial score (nSPS) is 11.1. The van der Waals surface area contributed by atoms with Gasteiger partial charge in [0.15, 0.2) is 0 Å². The Hall–Kier alpha value is -2.64. The van der Waals surface area contributed by atoms with Crippen LogP contribution in [0.25, 0.3) is 21.3 Å². The summed E-state index contributed by atoms with van der Waals surface area (Å²) in [6.45, 7) is 2.07. The van der Waals surface area contributed by atoms with Crippen LogP contribution in [0, 0.1) is 6.92 Å². The molecule has 0 atom stereocenters. The zero-order valence-electron chi connectivity index (χ0n) is 14.4. The first-order chi connectivity index (χ1) is 12.5. The van der Waals surface area contributed by atoms with Gasteiger partial charge in [-0.15, -0.1) is 11.3 Å². The third kappa shape index (κ3) is 3.00. The molecule has 0 fully saturated rings. The molecule has 1 aromatic carbocycles. The highest BCUT2D eigenvalue weighted by Gasteiger charge is 2.17. The van der Waals surface area contributed by atoms with Crippen LogP contribution in [-0.4, -0.2) is 26.9 Å². The smallest absolute Gasteiger partial charge is 0.227 e. The molecule has 1 N–H and O–H groups in total. The van der Waals surface area contributed by atoms with E-state index in [0.29, 0.717) is 11.0 Å². The fourth-order valence-corrected chi connectivity index (χ4v) is 4.02. The van der Waals surface area contributed by atoms with E-state index in [2.05, 4.69) is 22.3 Å². The van der Waals surface area contributed by atoms with Crippen LogP contribution >= 0.6 is 22.9 Å². The van der Waals surface area contributed by atoms with E-state index in [1.165, 1.54) is 0 Å². The molecule has 6 nitrogen and oxygen atoms in total. The van der Waals surface area contributed by atoms with Crippen molar-refractivity contribution >= 4 is 44.8 Å². The summed E-state index contributed by atoms with van der Waals surface area (Å²) in [4.78, 5) is 10.3. The predicted octanol–water partition coefficient (Wildman–Crippen LogP) is 4.81. The molecule has 0 aliphatic heterocycles. The number of benzene rings is 1. The lowest BCUT2D eigenvalue weighted by molar-refractivity contribution is 0.416. The highest BCUT2D eigenvalue weighted by molar-refractivity contribution is 7.19. The van der Waals surface area contributed by atoms with Crippen molar-refractivity contribution in [3.05, 3.63) is 46.7 Å². The molecular formula is C18H16ClN5OS. The van der Waals surface area contributed by atoms with Gasteiger partial charge >= 0.3 is 0 Å². The van der Waals surface area contributed by atoms with Crippen molar-refractivity contribution in [1.29, 1.82) is 0 Å². The van der Waals surface area contributed by atoms with Crippen LogP contribution in [0.3, 0.4) is 0 Å². The number of hydrogen-bond donors (Lipinski definition) is 1. The van der Waals surface area contributed by atoms with Crippen molar-refractivity contribution in [2.24, 2.45) is 7.05 Å². The fraction of sp³-hybridized carbons (Fsp3) is 0.167. The van der Waals surface area contributed by atoms with Gasteiger partial charge in [-0.1, -0.05) is 11.6 Å². The lowest BCUT2D eigenvalue weighted by Gasteiger charge is -2.09. The zero-order valence-corrected chi connectivity index (χ0v) is 16.0. The van der Waals surface area contributed by atoms with E-state index in [-0.39, 0.29) is 0 Å². The molecule has 3 heterocycles. The van der Waals surface area contributed by atoms with E-state index < -0.39 is 0 Å². The van der Waals surface area contributed by atoms with Crippen molar-refractivity contribution in [2.75, 3.05) is 12.4 Å². The summed E-state index contributed by atoms with van der Waals surface area (Å²) in [5, 5.41) is 7.97. The van der Waals surface area contributed by atoms with Gasteiger partial charge in [0.05, 0.1) is 35.4 Å². The van der Waals surface area contributed by atoms with E-state index in [9.17, 15) is 0 Å². The summed E-state index contributed by atoms with van der Waals surface area (Å²) in [6.07, 6.45) is 5.44. The number of methoxy groups -OCH3 is 1. The van der Waals surface area contributed by atoms with Gasteiger partial charge in [-0.2, -0.15) is 5.10 Å². The standard InChI is InChI=1S/C18H16ClN5OS/c1-10-16(13-5-4-11(19)6-14(13)25-3)17-15(26-10)8-20-18(23-17)22-12-7-21-24(2)9-12/h4-9H,1-3H3,(H,20,22,23). The second-order valence-corrected chi connectivity index (χ2v) is 7.50. The Balaban J connectivity index is 1.84. The van der Waals surface area contributed by atoms with Crippen LogP contribution in [-0.2, 0) is 7.05 Å². The monoisotopic (exact) mass is 385 g/mol. The maximum atomic E-state index is 6.11. The highest BCUT2D eigenvalue weighted by Crippen LogP contribution is 2.42. The molecule has 0 unspecified atom stereocenters. The lowest BCUT2D eigenvalue weighted by atomic mass is 10.0. The molecule has 0 amide bonds. The zero-order chi connectivity index (χ0) is 18.3. The van der Waals surface area contributed by atoms with Crippen LogP contribution in [0.5, 0.6) is 5.75 Å². The number of fused-ring (bicyclic) bond motifs is 1. The van der Waals surface area contributed by atoms with E-state index in [1.54, 1.807) is 29.3 Å². The molecule has 0 saturated heterocycles. The number of aryl methyl sites for hydroxylation is 2. The Morgan fingerprint density at radius 1 is 1.27 bits per heavy atom. The Bertz CT molecular complexity index is 1100. The van der Waals surface area contributed by atoms with E-state index >= 15 is 0 Å². The van der Waals surface area contributed by atoms with Crippen LogP contribution in [0.15, 0.2) is 36.8 Å². The van der Waals surface area contributed by atoms with Crippen molar-refractivity contribution < 1.29 is 4.74 Å². The van der Waals surface area contributed by atoms with Crippen LogP contribution in [0.1, 0.15) is 4.88 Å². The minimum absolute atomic E-state index is 0.525. The molecule has 4 aromatic rings. The maximum Gasteiger partial charge on any atom is 0.227 e. The molecule has 0 spiro atoms. The van der Waals surface area contributed by atoms with Gasteiger partial charge in [-0.25, -0.2) is 9.97 Å². The number of anilines is 2. The Morgan fingerprint density at radius 2 is 2.12 bits per heavy atom. The Labute approximate surface area is 159 Å². The third-order valence-electron chi connectivity index (χ3n) is 4.00. The van der Waals surface area contributed by atoms with Gasteiger partial charge in [0, 0.05) is 34.3 Å². The molecule has 0 bridgehead atoms. The average molecular weight is 386 g/mol. The molecule has 0 radical (unpaired) electrons. The summed E-state index contributed by atoms with van der Waals surface area (Å²) >= 11 is 7.77. The SMILES string of the molecule is COc1cc(Cl)ccc1-c1c(C)sc2cnc(Nc3cnn(C)c3)nc12. The molecule has 4 rings (SSSR count). The maximum absolute atomic E-state index is 6.11. The third-order valence-corrected chi connectivity index (χ3v) is 5.27. The molecule has 0 aliphatic rings. The van der Waals surface area contributed by atoms with E-state index in [1.807, 2.05) is 37.6 Å². The molecule has 0 aliphatic carbocycles. The van der Waals surface area contributed by atoms with Crippen molar-refractivity contribution in [3.8, 4) is 16.9 Å². The number of ether oxygens (including phenoxy) is 1. The number of nitrogens with zero attached hydrogens (tertiary/aromatic N) is 4. The van der Waals surface area contributed by atoms with Gasteiger partial charge in [0.25, 0.3) is 0 Å². The molecule has 8 heteroatoms. The van der Waals surface area contributed by atoms with Gasteiger partial charge in [-0.05, 0) is 25.1 Å². The van der Waals surface area contributed by atoms with Crippen molar-refractivity contribution in [2.45, 2.75) is 6.92 Å². The first-order valence-corrected chi connectivity index (χ1v) is 9.10. The number of nitrogens with one attached hydrogen (secondary N) is 1. The minimum atomic E-state index is 0.525. The summed E-state index contributed by atoms with van der Waals surface area (Å²) in [6, 6.07) is 5.64.